The number of nitrogens with zero attached hydrogens (tertiary/aromatic N) is 2. The molecule has 1 rings (SSSR count). The van der Waals surface area contributed by atoms with E-state index in [2.05, 4.69) is 20.4 Å². The predicted octanol–water partition coefficient (Wildman–Crippen LogP) is 1.28. The molecule has 7 nitrogen and oxygen atoms in total. The second kappa shape index (κ2) is 12.5. The molecule has 0 aliphatic rings. The van der Waals surface area contributed by atoms with E-state index >= 15 is 0 Å². The average molecular weight is 462 g/mol. The summed E-state index contributed by atoms with van der Waals surface area (Å²) in [4.78, 5) is 28.7. The molecule has 0 aliphatic heterocycles. The minimum atomic E-state index is -0.341. The Hall–Kier alpha value is -1.84. The van der Waals surface area contributed by atoms with Crippen molar-refractivity contribution in [2.75, 3.05) is 40.8 Å². The number of methoxy groups -OCH3 is 1. The van der Waals surface area contributed by atoms with Crippen LogP contribution in [0.5, 0.6) is 0 Å². The van der Waals surface area contributed by atoms with E-state index in [1.807, 2.05) is 19.1 Å². The fraction of sp³-hybridized carbons (Fsp3) is 0.471. The number of carbonyl (C=O) groups is 2. The zero-order chi connectivity index (χ0) is 17.9. The van der Waals surface area contributed by atoms with Crippen molar-refractivity contribution >= 4 is 41.8 Å². The Kier molecular flexibility index (Phi) is 11.6. The number of benzene rings is 1. The van der Waals surface area contributed by atoms with E-state index in [-0.39, 0.29) is 42.4 Å². The molecule has 0 aliphatic carbocycles. The van der Waals surface area contributed by atoms with Gasteiger partial charge < -0.3 is 20.3 Å². The Balaban J connectivity index is 0.00000576. The SMILES string of the molecule is CCNC(=NCC(=O)N(C)C)NCCc1ccc(C(=O)OC)cc1.I. The zero-order valence-corrected chi connectivity index (χ0v) is 17.5. The van der Waals surface area contributed by atoms with Gasteiger partial charge in [-0.2, -0.15) is 0 Å². The maximum atomic E-state index is 11.6. The first-order valence-corrected chi connectivity index (χ1v) is 7.87. The number of aliphatic imine (C=N–C) groups is 1. The Bertz CT molecular complexity index is 574. The van der Waals surface area contributed by atoms with E-state index in [1.54, 1.807) is 26.2 Å². The van der Waals surface area contributed by atoms with Crippen LogP contribution < -0.4 is 10.6 Å². The quantitative estimate of drug-likeness (QED) is 0.276. The minimum absolute atomic E-state index is 0. The third-order valence-corrected chi connectivity index (χ3v) is 3.30. The summed E-state index contributed by atoms with van der Waals surface area (Å²) in [6.07, 6.45) is 0.771. The molecule has 8 heteroatoms. The number of amides is 1. The van der Waals surface area contributed by atoms with Gasteiger partial charge in [-0.25, -0.2) is 9.79 Å². The summed E-state index contributed by atoms with van der Waals surface area (Å²) in [5.41, 5.74) is 1.63. The summed E-state index contributed by atoms with van der Waals surface area (Å²) >= 11 is 0. The first kappa shape index (κ1) is 23.2. The lowest BCUT2D eigenvalue weighted by molar-refractivity contribution is -0.127. The first-order valence-electron chi connectivity index (χ1n) is 7.87. The summed E-state index contributed by atoms with van der Waals surface area (Å²) < 4.78 is 4.67. The number of likely N-dealkylation sites (N-methyl/N-ethyl adjacent to an activating group) is 1. The van der Waals surface area contributed by atoms with Gasteiger partial charge in [0.05, 0.1) is 12.7 Å². The second-order valence-corrected chi connectivity index (χ2v) is 5.35. The molecule has 0 heterocycles. The smallest absolute Gasteiger partial charge is 0.337 e. The fourth-order valence-electron chi connectivity index (χ4n) is 1.88. The maximum absolute atomic E-state index is 11.6. The fourth-order valence-corrected chi connectivity index (χ4v) is 1.88. The van der Waals surface area contributed by atoms with Gasteiger partial charge in [0.1, 0.15) is 6.54 Å². The topological polar surface area (TPSA) is 83.0 Å². The first-order chi connectivity index (χ1) is 11.5. The molecular formula is C17H27IN4O3. The third-order valence-electron chi connectivity index (χ3n) is 3.30. The number of hydrogen-bond donors (Lipinski definition) is 2. The van der Waals surface area contributed by atoms with Crippen molar-refractivity contribution in [3.63, 3.8) is 0 Å². The lowest BCUT2D eigenvalue weighted by Gasteiger charge is -2.12. The zero-order valence-electron chi connectivity index (χ0n) is 15.2. The molecule has 0 bridgehead atoms. The van der Waals surface area contributed by atoms with Crippen molar-refractivity contribution in [3.8, 4) is 0 Å². The molecule has 140 valence electrons. The highest BCUT2D eigenvalue weighted by Gasteiger charge is 2.05. The van der Waals surface area contributed by atoms with Crippen LogP contribution in [0.3, 0.4) is 0 Å². The molecule has 0 saturated heterocycles. The molecule has 0 fully saturated rings. The number of ether oxygens (including phenoxy) is 1. The summed E-state index contributed by atoms with van der Waals surface area (Å²) in [6.45, 7) is 3.46. The van der Waals surface area contributed by atoms with Crippen molar-refractivity contribution < 1.29 is 14.3 Å². The normalized spacial score (nSPS) is 10.5. The molecule has 0 spiro atoms. The van der Waals surface area contributed by atoms with Crippen molar-refractivity contribution in [2.45, 2.75) is 13.3 Å². The van der Waals surface area contributed by atoms with E-state index in [4.69, 9.17) is 0 Å². The number of halogens is 1. The second-order valence-electron chi connectivity index (χ2n) is 5.35. The van der Waals surface area contributed by atoms with Gasteiger partial charge in [-0.05, 0) is 31.0 Å². The van der Waals surface area contributed by atoms with Gasteiger partial charge >= 0.3 is 5.97 Å². The van der Waals surface area contributed by atoms with E-state index < -0.39 is 0 Å². The highest BCUT2D eigenvalue weighted by atomic mass is 127. The number of esters is 1. The minimum Gasteiger partial charge on any atom is -0.465 e. The summed E-state index contributed by atoms with van der Waals surface area (Å²) in [7, 11) is 4.77. The third kappa shape index (κ3) is 8.71. The van der Waals surface area contributed by atoms with E-state index in [1.165, 1.54) is 12.0 Å². The van der Waals surface area contributed by atoms with Gasteiger partial charge in [-0.1, -0.05) is 12.1 Å². The van der Waals surface area contributed by atoms with Crippen LogP contribution in [-0.4, -0.2) is 63.6 Å². The molecular weight excluding hydrogens is 435 g/mol. The molecule has 0 aromatic heterocycles. The van der Waals surface area contributed by atoms with Crippen LogP contribution in [0.1, 0.15) is 22.8 Å². The number of hydrogen-bond acceptors (Lipinski definition) is 4. The van der Waals surface area contributed by atoms with Gasteiger partial charge in [0.15, 0.2) is 5.96 Å². The Morgan fingerprint density at radius 1 is 1.16 bits per heavy atom. The van der Waals surface area contributed by atoms with Crippen molar-refractivity contribution in [2.24, 2.45) is 4.99 Å². The summed E-state index contributed by atoms with van der Waals surface area (Å²) in [5.74, 6) is 0.219. The van der Waals surface area contributed by atoms with Crippen LogP contribution in [0.25, 0.3) is 0 Å². The number of nitrogens with one attached hydrogen (secondary N) is 2. The molecule has 0 unspecified atom stereocenters. The van der Waals surface area contributed by atoms with E-state index in [9.17, 15) is 9.59 Å². The van der Waals surface area contributed by atoms with Gasteiger partial charge in [0.25, 0.3) is 0 Å². The molecule has 0 radical (unpaired) electrons. The van der Waals surface area contributed by atoms with Gasteiger partial charge in [-0.3, -0.25) is 4.79 Å². The largest absolute Gasteiger partial charge is 0.465 e. The molecule has 1 aromatic carbocycles. The van der Waals surface area contributed by atoms with Crippen LogP contribution >= 0.6 is 24.0 Å². The molecule has 1 amide bonds. The molecule has 0 atom stereocenters. The van der Waals surface area contributed by atoms with Crippen molar-refractivity contribution in [1.29, 1.82) is 0 Å². The Morgan fingerprint density at radius 3 is 2.32 bits per heavy atom. The van der Waals surface area contributed by atoms with Crippen molar-refractivity contribution in [3.05, 3.63) is 35.4 Å². The standard InChI is InChI=1S/C17H26N4O3.HI/c1-5-18-17(20-12-15(22)21(2)3)19-11-10-13-6-8-14(9-7-13)16(23)24-4;/h6-9H,5,10-12H2,1-4H3,(H2,18,19,20);1H. The molecule has 1 aromatic rings. The lowest BCUT2D eigenvalue weighted by Crippen LogP contribution is -2.39. The van der Waals surface area contributed by atoms with Crippen LogP contribution in [0.4, 0.5) is 0 Å². The summed E-state index contributed by atoms with van der Waals surface area (Å²) in [6, 6.07) is 7.29. The molecule has 0 saturated carbocycles. The number of guanidine groups is 1. The maximum Gasteiger partial charge on any atom is 0.337 e. The number of rotatable bonds is 7. The molecule has 2 N–H and O–H groups in total. The van der Waals surface area contributed by atoms with Gasteiger partial charge in [0.2, 0.25) is 5.91 Å². The van der Waals surface area contributed by atoms with Crippen LogP contribution in [-0.2, 0) is 16.0 Å². The van der Waals surface area contributed by atoms with Crippen molar-refractivity contribution in [1.82, 2.24) is 15.5 Å². The lowest BCUT2D eigenvalue weighted by atomic mass is 10.1. The molecule has 25 heavy (non-hydrogen) atoms. The van der Waals surface area contributed by atoms with Crippen LogP contribution in [0, 0.1) is 0 Å². The van der Waals surface area contributed by atoms with Gasteiger partial charge in [-0.15, -0.1) is 24.0 Å². The average Bonchev–Trinajstić information content (AvgIpc) is 2.59. The highest BCUT2D eigenvalue weighted by molar-refractivity contribution is 14.0. The van der Waals surface area contributed by atoms with E-state index in [0.717, 1.165) is 18.5 Å². The number of carbonyl (C=O) groups excluding carboxylic acids is 2. The summed E-state index contributed by atoms with van der Waals surface area (Å²) in [5, 5.41) is 6.29. The Morgan fingerprint density at radius 2 is 1.80 bits per heavy atom. The van der Waals surface area contributed by atoms with Gasteiger partial charge in [0, 0.05) is 27.2 Å². The Labute approximate surface area is 166 Å². The monoisotopic (exact) mass is 462 g/mol. The van der Waals surface area contributed by atoms with Crippen LogP contribution in [0.2, 0.25) is 0 Å². The predicted molar refractivity (Wildman–Crippen MR) is 110 cm³/mol. The highest BCUT2D eigenvalue weighted by Crippen LogP contribution is 2.06. The van der Waals surface area contributed by atoms with E-state index in [0.29, 0.717) is 18.1 Å². The van der Waals surface area contributed by atoms with Crippen LogP contribution in [0.15, 0.2) is 29.3 Å².